The molecule has 4 heteroatoms. The maximum absolute atomic E-state index is 12.6. The van der Waals surface area contributed by atoms with Crippen LogP contribution in [0.3, 0.4) is 0 Å². The molecule has 2 fully saturated rings. The minimum absolute atomic E-state index is 0.0522. The Bertz CT molecular complexity index is 567. The van der Waals surface area contributed by atoms with Crippen molar-refractivity contribution >= 4 is 11.8 Å². The summed E-state index contributed by atoms with van der Waals surface area (Å²) in [6.07, 6.45) is 17.4. The normalized spacial score (nSPS) is 29.0. The fourth-order valence-electron chi connectivity index (χ4n) is 5.45. The van der Waals surface area contributed by atoms with E-state index in [1.807, 2.05) is 13.8 Å². The highest BCUT2D eigenvalue weighted by molar-refractivity contribution is 5.84. The molecule has 0 radical (unpaired) electrons. The lowest BCUT2D eigenvalue weighted by molar-refractivity contribution is -0.147. The largest absolute Gasteiger partial charge is 0.463 e. The fraction of sp³-hybridized carbons (Fsp3) is 0.846. The maximum Gasteiger partial charge on any atom is 0.306 e. The van der Waals surface area contributed by atoms with Gasteiger partial charge in [0.05, 0.1) is 11.7 Å². The maximum atomic E-state index is 12.6. The SMILES string of the molecule is CCCCCCC[C@]1(O)CC[C@@H]2C(CC=CCCCC(=O)OC(C)C)C(=O)C[C@H]2C1. The van der Waals surface area contributed by atoms with Crippen molar-refractivity contribution < 1.29 is 19.4 Å². The second-order valence-corrected chi connectivity index (χ2v) is 9.97. The van der Waals surface area contributed by atoms with Crippen molar-refractivity contribution in [2.45, 2.75) is 122 Å². The number of carbonyl (C=O) groups excluding carboxylic acids is 2. The van der Waals surface area contributed by atoms with Gasteiger partial charge in [0.2, 0.25) is 0 Å². The molecule has 0 heterocycles. The first kappa shape index (κ1) is 25.1. The molecule has 1 N–H and O–H groups in total. The van der Waals surface area contributed by atoms with Crippen molar-refractivity contribution in [3.63, 3.8) is 0 Å². The Morgan fingerprint density at radius 3 is 2.70 bits per heavy atom. The summed E-state index contributed by atoms with van der Waals surface area (Å²) in [7, 11) is 0. The van der Waals surface area contributed by atoms with Crippen molar-refractivity contribution in [3.8, 4) is 0 Å². The van der Waals surface area contributed by atoms with Gasteiger partial charge in [-0.25, -0.2) is 0 Å². The van der Waals surface area contributed by atoms with E-state index in [0.717, 1.165) is 51.4 Å². The van der Waals surface area contributed by atoms with E-state index in [2.05, 4.69) is 19.1 Å². The molecule has 2 aliphatic rings. The summed E-state index contributed by atoms with van der Waals surface area (Å²) in [5.74, 6) is 1.21. The molecule has 0 saturated heterocycles. The molecule has 4 atom stereocenters. The van der Waals surface area contributed by atoms with Crippen LogP contribution in [0.25, 0.3) is 0 Å². The molecule has 0 bridgehead atoms. The molecule has 2 rings (SSSR count). The zero-order chi connectivity index (χ0) is 22.0. The van der Waals surface area contributed by atoms with Crippen molar-refractivity contribution in [1.82, 2.24) is 0 Å². The average Bonchev–Trinajstić information content (AvgIpc) is 2.97. The molecular weight excluding hydrogens is 376 g/mol. The van der Waals surface area contributed by atoms with Gasteiger partial charge in [-0.2, -0.15) is 0 Å². The molecule has 0 aromatic rings. The van der Waals surface area contributed by atoms with Gasteiger partial charge < -0.3 is 9.84 Å². The van der Waals surface area contributed by atoms with Gasteiger partial charge >= 0.3 is 5.97 Å². The topological polar surface area (TPSA) is 63.6 Å². The second-order valence-electron chi connectivity index (χ2n) is 9.97. The van der Waals surface area contributed by atoms with E-state index in [1.54, 1.807) is 0 Å². The summed E-state index contributed by atoms with van der Waals surface area (Å²) in [6, 6.07) is 0. The number of allylic oxidation sites excluding steroid dienone is 2. The quantitative estimate of drug-likeness (QED) is 0.220. The van der Waals surface area contributed by atoms with Gasteiger partial charge in [0.1, 0.15) is 5.78 Å². The predicted octanol–water partition coefficient (Wildman–Crippen LogP) is 6.15. The molecule has 2 saturated carbocycles. The highest BCUT2D eigenvalue weighted by atomic mass is 16.5. The van der Waals surface area contributed by atoms with Gasteiger partial charge in [0.25, 0.3) is 0 Å². The van der Waals surface area contributed by atoms with E-state index in [9.17, 15) is 14.7 Å². The van der Waals surface area contributed by atoms with Crippen LogP contribution in [0.2, 0.25) is 0 Å². The van der Waals surface area contributed by atoms with Crippen LogP contribution in [-0.2, 0) is 14.3 Å². The lowest BCUT2D eigenvalue weighted by Crippen LogP contribution is -2.38. The van der Waals surface area contributed by atoms with Crippen LogP contribution in [0.15, 0.2) is 12.2 Å². The minimum atomic E-state index is -0.539. The molecule has 0 spiro atoms. The average molecular weight is 421 g/mol. The van der Waals surface area contributed by atoms with Crippen molar-refractivity contribution in [2.75, 3.05) is 0 Å². The number of carbonyl (C=O) groups is 2. The van der Waals surface area contributed by atoms with Crippen LogP contribution in [0, 0.1) is 17.8 Å². The smallest absolute Gasteiger partial charge is 0.306 e. The van der Waals surface area contributed by atoms with E-state index in [-0.39, 0.29) is 18.0 Å². The summed E-state index contributed by atoms with van der Waals surface area (Å²) < 4.78 is 5.14. The lowest BCUT2D eigenvalue weighted by Gasteiger charge is -2.40. The first-order valence-electron chi connectivity index (χ1n) is 12.4. The van der Waals surface area contributed by atoms with Gasteiger partial charge in [-0.1, -0.05) is 51.2 Å². The van der Waals surface area contributed by atoms with E-state index in [4.69, 9.17) is 4.74 Å². The summed E-state index contributed by atoms with van der Waals surface area (Å²) in [6.45, 7) is 5.95. The third kappa shape index (κ3) is 8.17. The summed E-state index contributed by atoms with van der Waals surface area (Å²) in [5.41, 5.74) is -0.539. The first-order chi connectivity index (χ1) is 14.3. The summed E-state index contributed by atoms with van der Waals surface area (Å²) in [4.78, 5) is 24.2. The van der Waals surface area contributed by atoms with E-state index in [1.165, 1.54) is 25.7 Å². The fourth-order valence-corrected chi connectivity index (χ4v) is 5.45. The number of rotatable bonds is 13. The number of hydrogen-bond donors (Lipinski definition) is 1. The Kier molecular flexibility index (Phi) is 10.6. The van der Waals surface area contributed by atoms with Crippen LogP contribution in [0.5, 0.6) is 0 Å². The Hall–Kier alpha value is -1.16. The third-order valence-corrected chi connectivity index (χ3v) is 7.01. The minimum Gasteiger partial charge on any atom is -0.463 e. The molecule has 172 valence electrons. The molecule has 0 aliphatic heterocycles. The van der Waals surface area contributed by atoms with Crippen molar-refractivity contribution in [1.29, 1.82) is 0 Å². The number of Topliss-reactive ketones (excluding diaryl/α,β-unsaturated/α-hetero) is 1. The molecular formula is C26H44O4. The first-order valence-corrected chi connectivity index (χ1v) is 12.4. The van der Waals surface area contributed by atoms with E-state index >= 15 is 0 Å². The number of aliphatic hydroxyl groups is 1. The third-order valence-electron chi connectivity index (χ3n) is 7.01. The molecule has 0 amide bonds. The number of ketones is 1. The van der Waals surface area contributed by atoms with Gasteiger partial charge in [-0.05, 0) is 70.6 Å². The number of esters is 1. The van der Waals surface area contributed by atoms with Crippen LogP contribution < -0.4 is 0 Å². The zero-order valence-corrected chi connectivity index (χ0v) is 19.5. The van der Waals surface area contributed by atoms with Gasteiger partial charge in [0.15, 0.2) is 0 Å². The van der Waals surface area contributed by atoms with Gasteiger partial charge in [0, 0.05) is 18.8 Å². The molecule has 0 aromatic heterocycles. The summed E-state index contributed by atoms with van der Waals surface area (Å²) >= 11 is 0. The van der Waals surface area contributed by atoms with Crippen LogP contribution in [0.4, 0.5) is 0 Å². The van der Waals surface area contributed by atoms with Crippen LogP contribution >= 0.6 is 0 Å². The highest BCUT2D eigenvalue weighted by Crippen LogP contribution is 2.49. The number of unbranched alkanes of at least 4 members (excludes halogenated alkanes) is 5. The number of fused-ring (bicyclic) bond motifs is 1. The number of hydrogen-bond acceptors (Lipinski definition) is 4. The Labute approximate surface area is 183 Å². The number of ether oxygens (including phenoxy) is 1. The summed E-state index contributed by atoms with van der Waals surface area (Å²) in [5, 5.41) is 11.1. The zero-order valence-electron chi connectivity index (χ0n) is 19.5. The molecule has 1 unspecified atom stereocenters. The molecule has 0 aromatic carbocycles. The molecule has 30 heavy (non-hydrogen) atoms. The van der Waals surface area contributed by atoms with Crippen LogP contribution in [-0.4, -0.2) is 28.6 Å². The molecule has 2 aliphatic carbocycles. The Morgan fingerprint density at radius 2 is 1.97 bits per heavy atom. The van der Waals surface area contributed by atoms with E-state index < -0.39 is 5.60 Å². The monoisotopic (exact) mass is 420 g/mol. The van der Waals surface area contributed by atoms with Gasteiger partial charge in [-0.15, -0.1) is 0 Å². The lowest BCUT2D eigenvalue weighted by atomic mass is 9.69. The second kappa shape index (κ2) is 12.6. The van der Waals surface area contributed by atoms with Crippen molar-refractivity contribution in [2.24, 2.45) is 17.8 Å². The standard InChI is InChI=1S/C26H44O4/c1-4-5-6-9-12-16-26(29)17-15-22-21(19-26)18-24(27)23(22)13-10-7-8-11-14-25(28)30-20(2)3/h7,10,20-23,29H,4-6,8-9,11-19H2,1-3H3/t21-,22-,23?,26-/m0/s1. The Balaban J connectivity index is 1.70. The Morgan fingerprint density at radius 1 is 1.20 bits per heavy atom. The highest BCUT2D eigenvalue weighted by Gasteiger charge is 2.48. The predicted molar refractivity (Wildman–Crippen MR) is 121 cm³/mol. The van der Waals surface area contributed by atoms with Crippen molar-refractivity contribution in [3.05, 3.63) is 12.2 Å². The van der Waals surface area contributed by atoms with E-state index in [0.29, 0.717) is 30.5 Å². The van der Waals surface area contributed by atoms with Crippen LogP contribution in [0.1, 0.15) is 111 Å². The molecule has 4 nitrogen and oxygen atoms in total. The van der Waals surface area contributed by atoms with Gasteiger partial charge in [-0.3, -0.25) is 9.59 Å².